The van der Waals surface area contributed by atoms with Gasteiger partial charge in [0.2, 0.25) is 0 Å². The topological polar surface area (TPSA) is 46.2 Å². The number of phenols is 1. The molecule has 0 fully saturated rings. The molecule has 78 valence electrons. The summed E-state index contributed by atoms with van der Waals surface area (Å²) in [5.41, 5.74) is 4.46. The van der Waals surface area contributed by atoms with E-state index in [1.807, 2.05) is 0 Å². The molecule has 0 saturated heterocycles. The van der Waals surface area contributed by atoms with Crippen LogP contribution in [0.1, 0.15) is 19.4 Å². The SMILES string of the molecule is CC(C)(N)c1c(F)cc(F)c(Br)c1O. The molecule has 0 aliphatic heterocycles. The summed E-state index contributed by atoms with van der Waals surface area (Å²) in [4.78, 5) is 0. The van der Waals surface area contributed by atoms with Crippen molar-refractivity contribution in [2.24, 2.45) is 5.73 Å². The number of hydrogen-bond acceptors (Lipinski definition) is 2. The number of nitrogens with two attached hydrogens (primary N) is 1. The van der Waals surface area contributed by atoms with Crippen LogP contribution < -0.4 is 5.73 Å². The number of halogens is 3. The fraction of sp³-hybridized carbons (Fsp3) is 0.333. The number of benzene rings is 1. The molecule has 0 heterocycles. The molecule has 0 unspecified atom stereocenters. The molecule has 3 N–H and O–H groups in total. The van der Waals surface area contributed by atoms with Gasteiger partial charge in [0.25, 0.3) is 0 Å². The lowest BCUT2D eigenvalue weighted by Gasteiger charge is -2.21. The van der Waals surface area contributed by atoms with Crippen LogP contribution in [0.5, 0.6) is 5.75 Å². The molecule has 0 amide bonds. The molecule has 0 bridgehead atoms. The van der Waals surface area contributed by atoms with Gasteiger partial charge in [-0.15, -0.1) is 0 Å². The summed E-state index contributed by atoms with van der Waals surface area (Å²) in [6, 6.07) is 0.688. The van der Waals surface area contributed by atoms with E-state index in [4.69, 9.17) is 5.73 Å². The highest BCUT2D eigenvalue weighted by Gasteiger charge is 2.26. The first-order valence-corrected chi connectivity index (χ1v) is 4.70. The lowest BCUT2D eigenvalue weighted by Crippen LogP contribution is -2.30. The molecule has 14 heavy (non-hydrogen) atoms. The predicted molar refractivity (Wildman–Crippen MR) is 52.9 cm³/mol. The van der Waals surface area contributed by atoms with Crippen LogP contribution in [-0.2, 0) is 5.54 Å². The smallest absolute Gasteiger partial charge is 0.144 e. The minimum Gasteiger partial charge on any atom is -0.506 e. The first-order chi connectivity index (χ1) is 6.25. The summed E-state index contributed by atoms with van der Waals surface area (Å²) >= 11 is 2.81. The second-order valence-corrected chi connectivity index (χ2v) is 4.39. The highest BCUT2D eigenvalue weighted by molar-refractivity contribution is 9.10. The van der Waals surface area contributed by atoms with Crippen LogP contribution in [0.2, 0.25) is 0 Å². The highest BCUT2D eigenvalue weighted by atomic mass is 79.9. The summed E-state index contributed by atoms with van der Waals surface area (Å²) in [6.07, 6.45) is 0. The van der Waals surface area contributed by atoms with Crippen molar-refractivity contribution in [2.45, 2.75) is 19.4 Å². The molecule has 1 rings (SSSR count). The third kappa shape index (κ3) is 1.88. The second kappa shape index (κ2) is 3.47. The van der Waals surface area contributed by atoms with E-state index in [0.29, 0.717) is 6.07 Å². The molecule has 2 nitrogen and oxygen atoms in total. The Morgan fingerprint density at radius 3 is 2.29 bits per heavy atom. The molecule has 0 spiro atoms. The fourth-order valence-electron chi connectivity index (χ4n) is 1.20. The third-order valence-electron chi connectivity index (χ3n) is 1.79. The van der Waals surface area contributed by atoms with E-state index in [0.717, 1.165) is 0 Å². The van der Waals surface area contributed by atoms with Crippen molar-refractivity contribution in [3.63, 3.8) is 0 Å². The summed E-state index contributed by atoms with van der Waals surface area (Å²) in [5.74, 6) is -2.20. The van der Waals surface area contributed by atoms with Gasteiger partial charge in [-0.1, -0.05) is 0 Å². The van der Waals surface area contributed by atoms with E-state index in [1.54, 1.807) is 0 Å². The molecule has 0 radical (unpaired) electrons. The second-order valence-electron chi connectivity index (χ2n) is 3.60. The van der Waals surface area contributed by atoms with Crippen LogP contribution in [0, 0.1) is 11.6 Å². The van der Waals surface area contributed by atoms with E-state index in [2.05, 4.69) is 15.9 Å². The van der Waals surface area contributed by atoms with Gasteiger partial charge in [-0.05, 0) is 29.8 Å². The molecule has 1 aromatic rings. The van der Waals surface area contributed by atoms with Gasteiger partial charge in [0.1, 0.15) is 17.4 Å². The number of aromatic hydroxyl groups is 1. The van der Waals surface area contributed by atoms with Crippen molar-refractivity contribution in [3.05, 3.63) is 27.7 Å². The Balaban J connectivity index is 3.53. The molecule has 0 aliphatic rings. The Bertz CT molecular complexity index is 374. The Hall–Kier alpha value is -0.680. The van der Waals surface area contributed by atoms with Crippen molar-refractivity contribution in [1.82, 2.24) is 0 Å². The van der Waals surface area contributed by atoms with Crippen LogP contribution in [0.4, 0.5) is 8.78 Å². The lowest BCUT2D eigenvalue weighted by atomic mass is 9.94. The van der Waals surface area contributed by atoms with Crippen LogP contribution in [0.15, 0.2) is 10.5 Å². The standard InChI is InChI=1S/C9H10BrF2NO/c1-9(2,13)6-4(11)3-5(12)7(10)8(6)14/h3,14H,13H2,1-2H3. The molecule has 0 aliphatic carbocycles. The van der Waals surface area contributed by atoms with E-state index in [1.165, 1.54) is 13.8 Å². The maximum Gasteiger partial charge on any atom is 0.144 e. The Morgan fingerprint density at radius 1 is 1.36 bits per heavy atom. The molecule has 5 heteroatoms. The van der Waals surface area contributed by atoms with Crippen molar-refractivity contribution < 1.29 is 13.9 Å². The third-order valence-corrected chi connectivity index (χ3v) is 2.55. The van der Waals surface area contributed by atoms with Crippen molar-refractivity contribution in [3.8, 4) is 5.75 Å². The van der Waals surface area contributed by atoms with Gasteiger partial charge in [-0.25, -0.2) is 8.78 Å². The molecular weight excluding hydrogens is 256 g/mol. The van der Waals surface area contributed by atoms with Gasteiger partial charge in [-0.2, -0.15) is 0 Å². The first kappa shape index (κ1) is 11.4. The van der Waals surface area contributed by atoms with E-state index in [9.17, 15) is 13.9 Å². The van der Waals surface area contributed by atoms with Gasteiger partial charge in [0.05, 0.1) is 10.0 Å². The summed E-state index contributed by atoms with van der Waals surface area (Å²) in [6.45, 7) is 3.05. The maximum atomic E-state index is 13.3. The lowest BCUT2D eigenvalue weighted by molar-refractivity contribution is 0.410. The van der Waals surface area contributed by atoms with E-state index < -0.39 is 22.9 Å². The number of rotatable bonds is 1. The number of phenolic OH excluding ortho intramolecular Hbond substituents is 1. The maximum absolute atomic E-state index is 13.3. The van der Waals surface area contributed by atoms with Crippen molar-refractivity contribution in [1.29, 1.82) is 0 Å². The Kier molecular flexibility index (Phi) is 2.83. The normalized spacial score (nSPS) is 11.9. The molecule has 0 saturated carbocycles. The largest absolute Gasteiger partial charge is 0.506 e. The van der Waals surface area contributed by atoms with Crippen LogP contribution in [-0.4, -0.2) is 5.11 Å². The number of hydrogen-bond donors (Lipinski definition) is 2. The highest BCUT2D eigenvalue weighted by Crippen LogP contribution is 2.37. The monoisotopic (exact) mass is 265 g/mol. The van der Waals surface area contributed by atoms with Crippen molar-refractivity contribution in [2.75, 3.05) is 0 Å². The van der Waals surface area contributed by atoms with E-state index in [-0.39, 0.29) is 10.0 Å². The summed E-state index contributed by atoms with van der Waals surface area (Å²) < 4.78 is 26.0. The summed E-state index contributed by atoms with van der Waals surface area (Å²) in [5, 5.41) is 9.49. The Labute approximate surface area is 88.9 Å². The van der Waals surface area contributed by atoms with Crippen LogP contribution in [0.3, 0.4) is 0 Å². The first-order valence-electron chi connectivity index (χ1n) is 3.91. The zero-order valence-electron chi connectivity index (χ0n) is 7.74. The average Bonchev–Trinajstić information content (AvgIpc) is 1.97. The van der Waals surface area contributed by atoms with E-state index >= 15 is 0 Å². The van der Waals surface area contributed by atoms with Crippen LogP contribution >= 0.6 is 15.9 Å². The minimum absolute atomic E-state index is 0.106. The van der Waals surface area contributed by atoms with Gasteiger partial charge in [0.15, 0.2) is 0 Å². The quantitative estimate of drug-likeness (QED) is 0.767. The van der Waals surface area contributed by atoms with Gasteiger partial charge in [0, 0.05) is 11.6 Å². The molecule has 1 aromatic carbocycles. The van der Waals surface area contributed by atoms with Crippen molar-refractivity contribution >= 4 is 15.9 Å². The molecule has 0 atom stereocenters. The fourth-order valence-corrected chi connectivity index (χ4v) is 1.51. The minimum atomic E-state index is -1.07. The Morgan fingerprint density at radius 2 is 1.86 bits per heavy atom. The van der Waals surface area contributed by atoms with Gasteiger partial charge >= 0.3 is 0 Å². The summed E-state index contributed by atoms with van der Waals surface area (Å²) in [7, 11) is 0. The zero-order valence-corrected chi connectivity index (χ0v) is 9.32. The van der Waals surface area contributed by atoms with Crippen LogP contribution in [0.25, 0.3) is 0 Å². The zero-order chi connectivity index (χ0) is 11.1. The van der Waals surface area contributed by atoms with Gasteiger partial charge < -0.3 is 10.8 Å². The molecule has 0 aromatic heterocycles. The average molecular weight is 266 g/mol. The molecular formula is C9H10BrF2NO. The predicted octanol–water partition coefficient (Wildman–Crippen LogP) is 2.63. The van der Waals surface area contributed by atoms with Gasteiger partial charge in [-0.3, -0.25) is 0 Å².